The van der Waals surface area contributed by atoms with Crippen molar-refractivity contribution in [2.75, 3.05) is 19.6 Å². The molecule has 0 aromatic heterocycles. The summed E-state index contributed by atoms with van der Waals surface area (Å²) in [5.74, 6) is -0.679. The van der Waals surface area contributed by atoms with Crippen LogP contribution in [0.25, 0.3) is 11.1 Å². The molecule has 8 heteroatoms. The molecule has 2 aliphatic heterocycles. The maximum atomic E-state index is 12.4. The van der Waals surface area contributed by atoms with Crippen molar-refractivity contribution in [3.05, 3.63) is 95.1 Å². The highest BCUT2D eigenvalue weighted by Gasteiger charge is 2.39. The minimum absolute atomic E-state index is 0.00718. The van der Waals surface area contributed by atoms with Gasteiger partial charge >= 0.3 is 5.97 Å². The van der Waals surface area contributed by atoms with Crippen LogP contribution in [0.4, 0.5) is 0 Å². The molecular formula is C36H44N2O6. The highest BCUT2D eigenvalue weighted by Crippen LogP contribution is 2.42. The Morgan fingerprint density at radius 3 is 2.32 bits per heavy atom. The first-order chi connectivity index (χ1) is 21.3. The van der Waals surface area contributed by atoms with Crippen LogP contribution in [0.3, 0.4) is 0 Å². The second-order valence-electron chi connectivity index (χ2n) is 11.9. The molecule has 0 unspecified atom stereocenters. The fourth-order valence-corrected chi connectivity index (χ4v) is 6.13. The Morgan fingerprint density at radius 2 is 1.64 bits per heavy atom. The first-order valence-electron chi connectivity index (χ1n) is 15.7. The molecular weight excluding hydrogens is 556 g/mol. The van der Waals surface area contributed by atoms with Gasteiger partial charge in [-0.1, -0.05) is 86.1 Å². The smallest absolute Gasteiger partial charge is 0.303 e. The lowest BCUT2D eigenvalue weighted by atomic mass is 9.89. The van der Waals surface area contributed by atoms with Crippen LogP contribution in [0, 0.1) is 5.92 Å². The summed E-state index contributed by atoms with van der Waals surface area (Å²) in [6, 6.07) is 24.2. The lowest BCUT2D eigenvalue weighted by molar-refractivity contribution is -0.276. The van der Waals surface area contributed by atoms with E-state index in [4.69, 9.17) is 14.2 Å². The molecule has 5 atom stereocenters. The standard InChI is InChI=1S/C36H44N2O6/c1-24-33(22-38-19-7-4-8-20-38)43-36(44-34(24)29-13-11-27(23-39)12-14-29)30-17-15-28(16-18-30)32-10-6-5-9-31(32)21-37-35(41)25(2)42-26(3)40/h5-6,9-18,24-25,33-34,36,39H,4,7-8,19-23H2,1-3H3,(H,37,41)/t24-,25-,33+,34+,36+/m0/s1. The Labute approximate surface area is 260 Å². The Balaban J connectivity index is 1.34. The molecule has 2 N–H and O–H groups in total. The lowest BCUT2D eigenvalue weighted by Crippen LogP contribution is -2.45. The summed E-state index contributed by atoms with van der Waals surface area (Å²) < 4.78 is 18.3. The van der Waals surface area contributed by atoms with Gasteiger partial charge in [0.15, 0.2) is 12.4 Å². The number of ether oxygens (including phenoxy) is 3. The van der Waals surface area contributed by atoms with Crippen molar-refractivity contribution in [3.63, 3.8) is 0 Å². The van der Waals surface area contributed by atoms with Crippen molar-refractivity contribution in [1.82, 2.24) is 10.2 Å². The number of hydrogen-bond donors (Lipinski definition) is 2. The van der Waals surface area contributed by atoms with E-state index in [0.717, 1.165) is 53.0 Å². The Hall–Kier alpha value is -3.56. The third-order valence-corrected chi connectivity index (χ3v) is 8.69. The van der Waals surface area contributed by atoms with Crippen molar-refractivity contribution in [2.24, 2.45) is 5.92 Å². The van der Waals surface area contributed by atoms with E-state index in [2.05, 4.69) is 53.5 Å². The minimum Gasteiger partial charge on any atom is -0.453 e. The topological polar surface area (TPSA) is 97.3 Å². The van der Waals surface area contributed by atoms with Crippen LogP contribution in [0.15, 0.2) is 72.8 Å². The van der Waals surface area contributed by atoms with Gasteiger partial charge in [0.25, 0.3) is 5.91 Å². The summed E-state index contributed by atoms with van der Waals surface area (Å²) in [5.41, 5.74) is 5.88. The van der Waals surface area contributed by atoms with Crippen molar-refractivity contribution >= 4 is 11.9 Å². The van der Waals surface area contributed by atoms with Gasteiger partial charge in [0, 0.05) is 31.5 Å². The van der Waals surface area contributed by atoms with Gasteiger partial charge in [-0.25, -0.2) is 0 Å². The van der Waals surface area contributed by atoms with Crippen LogP contribution in [-0.4, -0.2) is 53.7 Å². The number of piperidine rings is 1. The number of carbonyl (C=O) groups excluding carboxylic acids is 2. The van der Waals surface area contributed by atoms with E-state index in [9.17, 15) is 14.7 Å². The predicted octanol–water partition coefficient (Wildman–Crippen LogP) is 5.69. The molecule has 2 heterocycles. The number of nitrogens with zero attached hydrogens (tertiary/aromatic N) is 1. The van der Waals surface area contributed by atoms with Gasteiger partial charge in [-0.15, -0.1) is 0 Å². The number of benzene rings is 3. The fraction of sp³-hybridized carbons (Fsp3) is 0.444. The van der Waals surface area contributed by atoms with E-state index in [-0.39, 0.29) is 30.6 Å². The van der Waals surface area contributed by atoms with Crippen molar-refractivity contribution < 1.29 is 28.9 Å². The summed E-state index contributed by atoms with van der Waals surface area (Å²) in [4.78, 5) is 26.2. The van der Waals surface area contributed by atoms with E-state index in [1.54, 1.807) is 6.92 Å². The SMILES string of the molecule is CC(=O)O[C@@H](C)C(=O)NCc1ccccc1-c1ccc([C@@H]2O[C@H](CN3CCCCC3)[C@H](C)[C@H](c3ccc(CO)cc3)O2)cc1. The zero-order chi connectivity index (χ0) is 31.1. The quantitative estimate of drug-likeness (QED) is 0.289. The number of rotatable bonds is 10. The molecule has 0 spiro atoms. The zero-order valence-electron chi connectivity index (χ0n) is 25.9. The first-order valence-corrected chi connectivity index (χ1v) is 15.7. The predicted molar refractivity (Wildman–Crippen MR) is 168 cm³/mol. The van der Waals surface area contributed by atoms with Crippen LogP contribution in [0.1, 0.15) is 74.7 Å². The molecule has 3 aromatic carbocycles. The number of nitrogens with one attached hydrogen (secondary N) is 1. The Bertz CT molecular complexity index is 1390. The monoisotopic (exact) mass is 600 g/mol. The summed E-state index contributed by atoms with van der Waals surface area (Å²) in [5, 5.41) is 12.4. The number of aliphatic hydroxyl groups excluding tert-OH is 1. The van der Waals surface area contributed by atoms with Gasteiger partial charge in [-0.2, -0.15) is 0 Å². The first kappa shape index (κ1) is 31.9. The lowest BCUT2D eigenvalue weighted by Gasteiger charge is -2.43. The maximum absolute atomic E-state index is 12.4. The van der Waals surface area contributed by atoms with E-state index in [0.29, 0.717) is 6.54 Å². The molecule has 44 heavy (non-hydrogen) atoms. The van der Waals surface area contributed by atoms with E-state index in [1.807, 2.05) is 36.4 Å². The number of amides is 1. The third-order valence-electron chi connectivity index (χ3n) is 8.69. The molecule has 0 aliphatic carbocycles. The summed E-state index contributed by atoms with van der Waals surface area (Å²) in [6.07, 6.45) is 2.23. The number of carbonyl (C=O) groups is 2. The van der Waals surface area contributed by atoms with E-state index < -0.39 is 18.4 Å². The van der Waals surface area contributed by atoms with Gasteiger partial charge in [-0.05, 0) is 60.7 Å². The molecule has 0 radical (unpaired) electrons. The second kappa shape index (κ2) is 14.9. The highest BCUT2D eigenvalue weighted by atomic mass is 16.7. The maximum Gasteiger partial charge on any atom is 0.303 e. The number of aliphatic hydroxyl groups is 1. The van der Waals surface area contributed by atoms with Crippen molar-refractivity contribution in [3.8, 4) is 11.1 Å². The molecule has 5 rings (SSSR count). The van der Waals surface area contributed by atoms with Gasteiger partial charge < -0.3 is 29.5 Å². The molecule has 0 saturated carbocycles. The number of hydrogen-bond acceptors (Lipinski definition) is 7. The van der Waals surface area contributed by atoms with Gasteiger partial charge in [0.2, 0.25) is 0 Å². The molecule has 2 fully saturated rings. The largest absolute Gasteiger partial charge is 0.453 e. The van der Waals surface area contributed by atoms with Gasteiger partial charge in [0.1, 0.15) is 0 Å². The second-order valence-corrected chi connectivity index (χ2v) is 11.9. The summed E-state index contributed by atoms with van der Waals surface area (Å²) in [7, 11) is 0. The zero-order valence-corrected chi connectivity index (χ0v) is 25.9. The average molecular weight is 601 g/mol. The van der Waals surface area contributed by atoms with Crippen LogP contribution >= 0.6 is 0 Å². The molecule has 3 aromatic rings. The average Bonchev–Trinajstić information content (AvgIpc) is 3.05. The van der Waals surface area contributed by atoms with Crippen LogP contribution in [-0.2, 0) is 37.0 Å². The van der Waals surface area contributed by atoms with Gasteiger partial charge in [0.05, 0.1) is 18.8 Å². The molecule has 2 aliphatic rings. The van der Waals surface area contributed by atoms with E-state index in [1.165, 1.54) is 26.2 Å². The summed E-state index contributed by atoms with van der Waals surface area (Å²) in [6.45, 7) is 8.46. The molecule has 8 nitrogen and oxygen atoms in total. The van der Waals surface area contributed by atoms with E-state index >= 15 is 0 Å². The fourth-order valence-electron chi connectivity index (χ4n) is 6.13. The minimum atomic E-state index is -0.854. The Morgan fingerprint density at radius 1 is 0.955 bits per heavy atom. The number of esters is 1. The van der Waals surface area contributed by atoms with Gasteiger partial charge in [-0.3, -0.25) is 9.59 Å². The molecule has 1 amide bonds. The van der Waals surface area contributed by atoms with Crippen LogP contribution in [0.5, 0.6) is 0 Å². The Kier molecular flexibility index (Phi) is 10.8. The molecule has 2 saturated heterocycles. The number of likely N-dealkylation sites (tertiary alicyclic amines) is 1. The van der Waals surface area contributed by atoms with Crippen molar-refractivity contribution in [1.29, 1.82) is 0 Å². The highest BCUT2D eigenvalue weighted by molar-refractivity contribution is 5.83. The third kappa shape index (κ3) is 7.93. The molecule has 0 bridgehead atoms. The normalized spacial score (nSPS) is 23.1. The van der Waals surface area contributed by atoms with Crippen LogP contribution < -0.4 is 5.32 Å². The van der Waals surface area contributed by atoms with Crippen LogP contribution in [0.2, 0.25) is 0 Å². The van der Waals surface area contributed by atoms with Crippen molar-refractivity contribution in [2.45, 2.75) is 77.8 Å². The summed E-state index contributed by atoms with van der Waals surface area (Å²) >= 11 is 0. The molecule has 234 valence electrons.